The van der Waals surface area contributed by atoms with Gasteiger partial charge < -0.3 is 10.4 Å². The lowest BCUT2D eigenvalue weighted by atomic mass is 9.95. The molecule has 4 nitrogen and oxygen atoms in total. The van der Waals surface area contributed by atoms with Crippen molar-refractivity contribution >= 4 is 11.9 Å². The fourth-order valence-corrected chi connectivity index (χ4v) is 2.86. The molecule has 2 aromatic carbocycles. The van der Waals surface area contributed by atoms with E-state index in [-0.39, 0.29) is 24.9 Å². The summed E-state index contributed by atoms with van der Waals surface area (Å²) in [5, 5.41) is 12.0. The van der Waals surface area contributed by atoms with Gasteiger partial charge in [-0.2, -0.15) is 0 Å². The normalized spacial score (nSPS) is 17.8. The molecule has 0 bridgehead atoms. The van der Waals surface area contributed by atoms with Crippen LogP contribution in [0, 0.1) is 5.92 Å². The van der Waals surface area contributed by atoms with Gasteiger partial charge in [-0.3, -0.25) is 4.79 Å². The van der Waals surface area contributed by atoms with Gasteiger partial charge in [-0.15, -0.1) is 0 Å². The number of aromatic carboxylic acids is 1. The second kappa shape index (κ2) is 6.63. The number of nitrogens with one attached hydrogen (secondary N) is 1. The summed E-state index contributed by atoms with van der Waals surface area (Å²) in [7, 11) is 0. The van der Waals surface area contributed by atoms with Gasteiger partial charge in [-0.1, -0.05) is 36.4 Å². The molecule has 0 spiro atoms. The third-order valence-corrected chi connectivity index (χ3v) is 4.35. The number of carboxylic acids is 1. The molecule has 0 aromatic heterocycles. The number of amides is 1. The molecule has 1 fully saturated rings. The number of alkyl halides is 2. The molecule has 0 aliphatic heterocycles. The molecule has 1 aliphatic carbocycles. The van der Waals surface area contributed by atoms with Crippen LogP contribution >= 0.6 is 0 Å². The molecule has 0 heterocycles. The summed E-state index contributed by atoms with van der Waals surface area (Å²) < 4.78 is 25.8. The van der Waals surface area contributed by atoms with E-state index in [9.17, 15) is 23.5 Å². The van der Waals surface area contributed by atoms with Crippen LogP contribution < -0.4 is 5.32 Å². The molecule has 6 heteroatoms. The van der Waals surface area contributed by atoms with Gasteiger partial charge in [-0.25, -0.2) is 13.6 Å². The minimum Gasteiger partial charge on any atom is -0.478 e. The Hall–Kier alpha value is -2.76. The Morgan fingerprint density at radius 2 is 1.56 bits per heavy atom. The number of hydrogen-bond acceptors (Lipinski definition) is 2. The topological polar surface area (TPSA) is 66.4 Å². The molecule has 1 saturated carbocycles. The number of hydrogen-bond donors (Lipinski definition) is 2. The first kappa shape index (κ1) is 17.1. The van der Waals surface area contributed by atoms with Gasteiger partial charge in [0.15, 0.2) is 0 Å². The van der Waals surface area contributed by atoms with Crippen LogP contribution in [0.25, 0.3) is 11.1 Å². The van der Waals surface area contributed by atoms with E-state index in [4.69, 9.17) is 0 Å². The summed E-state index contributed by atoms with van der Waals surface area (Å²) in [6, 6.07) is 13.1. The van der Waals surface area contributed by atoms with Crippen molar-refractivity contribution in [2.24, 2.45) is 5.92 Å². The molecule has 0 radical (unpaired) electrons. The predicted molar refractivity (Wildman–Crippen MR) is 88.8 cm³/mol. The molecule has 25 heavy (non-hydrogen) atoms. The number of carboxylic acid groups (broad SMARTS) is 1. The van der Waals surface area contributed by atoms with Crippen LogP contribution in [0.5, 0.6) is 0 Å². The zero-order chi connectivity index (χ0) is 18.0. The fraction of sp³-hybridized carbons (Fsp3) is 0.263. The smallest absolute Gasteiger partial charge is 0.336 e. The lowest BCUT2D eigenvalue weighted by molar-refractivity contribution is 0.0697. The van der Waals surface area contributed by atoms with E-state index in [1.807, 2.05) is 0 Å². The maximum Gasteiger partial charge on any atom is 0.336 e. The van der Waals surface area contributed by atoms with Crippen molar-refractivity contribution in [3.8, 4) is 11.1 Å². The summed E-state index contributed by atoms with van der Waals surface area (Å²) in [5.41, 5.74) is 1.35. The lowest BCUT2D eigenvalue weighted by Crippen LogP contribution is -2.25. The largest absolute Gasteiger partial charge is 0.478 e. The van der Waals surface area contributed by atoms with Crippen LogP contribution in [0.3, 0.4) is 0 Å². The highest BCUT2D eigenvalue weighted by Crippen LogP contribution is 2.50. The molecule has 2 aromatic rings. The van der Waals surface area contributed by atoms with Gasteiger partial charge in [0.2, 0.25) is 0 Å². The van der Waals surface area contributed by atoms with Gasteiger partial charge in [0.25, 0.3) is 11.8 Å². The Morgan fingerprint density at radius 1 is 1.04 bits per heavy atom. The van der Waals surface area contributed by atoms with E-state index in [2.05, 4.69) is 5.32 Å². The third kappa shape index (κ3) is 3.68. The van der Waals surface area contributed by atoms with Crippen molar-refractivity contribution in [2.45, 2.75) is 18.8 Å². The van der Waals surface area contributed by atoms with E-state index in [1.54, 1.807) is 42.5 Å². The summed E-state index contributed by atoms with van der Waals surface area (Å²) in [4.78, 5) is 23.9. The van der Waals surface area contributed by atoms with E-state index >= 15 is 0 Å². The number of benzene rings is 2. The number of halogens is 2. The Bertz CT molecular complexity index is 820. The molecule has 1 unspecified atom stereocenters. The third-order valence-electron chi connectivity index (χ3n) is 4.35. The minimum atomic E-state index is -2.59. The zero-order valence-electron chi connectivity index (χ0n) is 13.3. The van der Waals surface area contributed by atoms with Gasteiger partial charge in [-0.05, 0) is 29.7 Å². The first-order valence-electron chi connectivity index (χ1n) is 7.98. The lowest BCUT2D eigenvalue weighted by Gasteiger charge is -2.12. The Balaban J connectivity index is 1.79. The Kier molecular flexibility index (Phi) is 4.53. The zero-order valence-corrected chi connectivity index (χ0v) is 13.3. The molecule has 130 valence electrons. The second-order valence-electron chi connectivity index (χ2n) is 6.10. The first-order chi connectivity index (χ1) is 11.9. The van der Waals surface area contributed by atoms with Crippen molar-refractivity contribution in [2.75, 3.05) is 6.54 Å². The van der Waals surface area contributed by atoms with E-state index in [0.29, 0.717) is 16.7 Å². The summed E-state index contributed by atoms with van der Waals surface area (Å²) >= 11 is 0. The van der Waals surface area contributed by atoms with Gasteiger partial charge in [0.05, 0.1) is 5.56 Å². The highest BCUT2D eigenvalue weighted by atomic mass is 19.3. The standard InChI is InChI=1S/C19H17F2NO3/c20-19(21)11-12(19)9-10-22-17(23)15-7-3-1-5-13(15)14-6-2-4-8-16(14)18(24)25/h1-8,12H,9-11H2,(H,22,23)(H,24,25). The van der Waals surface area contributed by atoms with E-state index in [0.717, 1.165) is 0 Å². The first-order valence-corrected chi connectivity index (χ1v) is 7.98. The minimum absolute atomic E-state index is 0.0976. The van der Waals surface area contributed by atoms with Crippen molar-refractivity contribution in [1.82, 2.24) is 5.32 Å². The summed E-state index contributed by atoms with van der Waals surface area (Å²) in [6.45, 7) is 0.161. The predicted octanol–water partition coefficient (Wildman–Crippen LogP) is 3.83. The molecular weight excluding hydrogens is 328 g/mol. The molecule has 1 amide bonds. The van der Waals surface area contributed by atoms with Crippen LogP contribution in [0.2, 0.25) is 0 Å². The molecule has 2 N–H and O–H groups in total. The van der Waals surface area contributed by atoms with Gasteiger partial charge in [0, 0.05) is 24.4 Å². The van der Waals surface area contributed by atoms with Crippen molar-refractivity contribution in [3.63, 3.8) is 0 Å². The number of carbonyl (C=O) groups excluding carboxylic acids is 1. The van der Waals surface area contributed by atoms with Crippen LogP contribution in [0.4, 0.5) is 8.78 Å². The highest BCUT2D eigenvalue weighted by molar-refractivity contribution is 6.04. The number of carbonyl (C=O) groups is 2. The van der Waals surface area contributed by atoms with Crippen molar-refractivity contribution < 1.29 is 23.5 Å². The van der Waals surface area contributed by atoms with Gasteiger partial charge >= 0.3 is 5.97 Å². The Morgan fingerprint density at radius 3 is 2.12 bits per heavy atom. The second-order valence-corrected chi connectivity index (χ2v) is 6.10. The summed E-state index contributed by atoms with van der Waals surface area (Å²) in [5.74, 6) is -4.74. The SMILES string of the molecule is O=C(O)c1ccccc1-c1ccccc1C(=O)NCCC1CC1(F)F. The molecule has 0 saturated heterocycles. The summed E-state index contributed by atoms with van der Waals surface area (Å²) in [6.07, 6.45) is 0.109. The van der Waals surface area contributed by atoms with Crippen LogP contribution in [0.15, 0.2) is 48.5 Å². The maximum absolute atomic E-state index is 12.9. The van der Waals surface area contributed by atoms with Gasteiger partial charge in [0.1, 0.15) is 0 Å². The molecular formula is C19H17F2NO3. The number of rotatable bonds is 6. The highest BCUT2D eigenvalue weighted by Gasteiger charge is 2.55. The van der Waals surface area contributed by atoms with Crippen LogP contribution in [0.1, 0.15) is 33.6 Å². The fourth-order valence-electron chi connectivity index (χ4n) is 2.86. The Labute approximate surface area is 143 Å². The average molecular weight is 345 g/mol. The monoisotopic (exact) mass is 345 g/mol. The van der Waals surface area contributed by atoms with E-state index in [1.165, 1.54) is 6.07 Å². The quantitative estimate of drug-likeness (QED) is 0.836. The maximum atomic E-state index is 12.9. The van der Waals surface area contributed by atoms with Crippen molar-refractivity contribution in [3.05, 3.63) is 59.7 Å². The molecule has 1 aliphatic rings. The molecule has 3 rings (SSSR count). The molecule has 1 atom stereocenters. The van der Waals surface area contributed by atoms with Crippen LogP contribution in [-0.4, -0.2) is 29.5 Å². The van der Waals surface area contributed by atoms with E-state index < -0.39 is 23.7 Å². The van der Waals surface area contributed by atoms with Crippen LogP contribution in [-0.2, 0) is 0 Å². The van der Waals surface area contributed by atoms with Crippen molar-refractivity contribution in [1.29, 1.82) is 0 Å². The average Bonchev–Trinajstić information content (AvgIpc) is 3.21.